The Balaban J connectivity index is 3.99. The molecule has 56 valence electrons. The molecular formula is C6H12N4. The van der Waals surface area contributed by atoms with Crippen LogP contribution >= 0.6 is 0 Å². The van der Waals surface area contributed by atoms with Crippen LogP contribution in [-0.4, -0.2) is 12.0 Å². The molecule has 4 heteroatoms. The van der Waals surface area contributed by atoms with Gasteiger partial charge in [0.05, 0.1) is 18.0 Å². The lowest BCUT2D eigenvalue weighted by molar-refractivity contribution is 0.595. The molecule has 0 saturated carbocycles. The molecule has 0 aromatic carbocycles. The molecule has 1 unspecified atom stereocenters. The van der Waals surface area contributed by atoms with E-state index in [-0.39, 0.29) is 17.9 Å². The molecule has 0 spiro atoms. The Labute approximate surface area is 60.5 Å². The van der Waals surface area contributed by atoms with Gasteiger partial charge in [0.25, 0.3) is 0 Å². The molecule has 2 atom stereocenters. The lowest BCUT2D eigenvalue weighted by atomic mass is 10.1. The van der Waals surface area contributed by atoms with Crippen molar-refractivity contribution >= 4 is 5.96 Å². The molecule has 0 aliphatic rings. The first-order valence-corrected chi connectivity index (χ1v) is 3.06. The van der Waals surface area contributed by atoms with Gasteiger partial charge in [0.15, 0.2) is 5.96 Å². The van der Waals surface area contributed by atoms with Gasteiger partial charge < -0.3 is 11.5 Å². The van der Waals surface area contributed by atoms with Crippen molar-refractivity contribution in [2.75, 3.05) is 0 Å². The predicted molar refractivity (Wildman–Crippen MR) is 40.0 cm³/mol. The van der Waals surface area contributed by atoms with Gasteiger partial charge in [0, 0.05) is 0 Å². The van der Waals surface area contributed by atoms with Crippen molar-refractivity contribution < 1.29 is 0 Å². The Kier molecular flexibility index (Phi) is 3.26. The quantitative estimate of drug-likeness (QED) is 0.411. The van der Waals surface area contributed by atoms with Gasteiger partial charge in [-0.1, -0.05) is 0 Å². The normalized spacial score (nSPS) is 14.9. The molecule has 0 saturated heterocycles. The van der Waals surface area contributed by atoms with Crippen molar-refractivity contribution in [3.8, 4) is 6.07 Å². The Morgan fingerprint density at radius 3 is 2.30 bits per heavy atom. The molecule has 0 aromatic rings. The van der Waals surface area contributed by atoms with E-state index in [0.29, 0.717) is 0 Å². The van der Waals surface area contributed by atoms with Crippen molar-refractivity contribution in [2.24, 2.45) is 22.4 Å². The zero-order chi connectivity index (χ0) is 8.15. The summed E-state index contributed by atoms with van der Waals surface area (Å²) in [6, 6.07) is 1.94. The number of hydrogen-bond acceptors (Lipinski definition) is 2. The number of hydrogen-bond donors (Lipinski definition) is 2. The molecule has 0 rings (SSSR count). The summed E-state index contributed by atoms with van der Waals surface area (Å²) in [5.41, 5.74) is 10.2. The molecule has 0 aromatic heterocycles. The Morgan fingerprint density at radius 2 is 2.00 bits per heavy atom. The maximum atomic E-state index is 8.42. The van der Waals surface area contributed by atoms with Gasteiger partial charge in [0.2, 0.25) is 0 Å². The number of nitriles is 1. The second kappa shape index (κ2) is 3.72. The maximum absolute atomic E-state index is 8.42. The summed E-state index contributed by atoms with van der Waals surface area (Å²) in [6.07, 6.45) is 0. The monoisotopic (exact) mass is 140 g/mol. The van der Waals surface area contributed by atoms with E-state index < -0.39 is 0 Å². The van der Waals surface area contributed by atoms with Crippen molar-refractivity contribution in [3.63, 3.8) is 0 Å². The molecule has 0 radical (unpaired) electrons. The van der Waals surface area contributed by atoms with Crippen LogP contribution < -0.4 is 11.5 Å². The molecule has 0 aliphatic heterocycles. The minimum absolute atomic E-state index is 0.0367. The molecule has 0 fully saturated rings. The van der Waals surface area contributed by atoms with Gasteiger partial charge >= 0.3 is 0 Å². The van der Waals surface area contributed by atoms with E-state index in [0.717, 1.165) is 0 Å². The summed E-state index contributed by atoms with van der Waals surface area (Å²) in [5, 5.41) is 8.42. The molecular weight excluding hydrogens is 128 g/mol. The molecule has 10 heavy (non-hydrogen) atoms. The van der Waals surface area contributed by atoms with E-state index >= 15 is 0 Å². The highest BCUT2D eigenvalue weighted by atomic mass is 15.0. The van der Waals surface area contributed by atoms with Gasteiger partial charge in [-0.05, 0) is 13.8 Å². The van der Waals surface area contributed by atoms with Crippen molar-refractivity contribution in [2.45, 2.75) is 19.9 Å². The van der Waals surface area contributed by atoms with Gasteiger partial charge in [-0.25, -0.2) is 4.99 Å². The third-order valence-electron chi connectivity index (χ3n) is 1.28. The second-order valence-electron chi connectivity index (χ2n) is 2.21. The Hall–Kier alpha value is -1.24. The Bertz CT molecular complexity index is 163. The molecule has 0 heterocycles. The standard InChI is InChI=1S/C6H12N4/c1-4(3-7)5(2)10-6(8)9/h4-5H,1-2H3,(H4,8,9,10)/t4-,5?/m1/s1. The first-order valence-electron chi connectivity index (χ1n) is 3.06. The highest BCUT2D eigenvalue weighted by Crippen LogP contribution is 2.03. The zero-order valence-electron chi connectivity index (χ0n) is 6.20. The summed E-state index contributed by atoms with van der Waals surface area (Å²) in [7, 11) is 0. The highest BCUT2D eigenvalue weighted by molar-refractivity contribution is 5.75. The van der Waals surface area contributed by atoms with Crippen LogP contribution in [0.4, 0.5) is 0 Å². The van der Waals surface area contributed by atoms with Crippen molar-refractivity contribution in [1.29, 1.82) is 5.26 Å². The van der Waals surface area contributed by atoms with E-state index in [1.807, 2.05) is 0 Å². The van der Waals surface area contributed by atoms with Crippen LogP contribution in [0.1, 0.15) is 13.8 Å². The molecule has 0 bridgehead atoms. The van der Waals surface area contributed by atoms with Crippen molar-refractivity contribution in [1.82, 2.24) is 0 Å². The topological polar surface area (TPSA) is 88.2 Å². The van der Waals surface area contributed by atoms with E-state index in [1.54, 1.807) is 13.8 Å². The summed E-state index contributed by atoms with van der Waals surface area (Å²) < 4.78 is 0. The largest absolute Gasteiger partial charge is 0.370 e. The van der Waals surface area contributed by atoms with E-state index in [4.69, 9.17) is 16.7 Å². The van der Waals surface area contributed by atoms with Gasteiger partial charge in [-0.3, -0.25) is 0 Å². The summed E-state index contributed by atoms with van der Waals surface area (Å²) >= 11 is 0. The van der Waals surface area contributed by atoms with Crippen LogP contribution in [0.5, 0.6) is 0 Å². The minimum atomic E-state index is -0.137. The van der Waals surface area contributed by atoms with Gasteiger partial charge in [-0.2, -0.15) is 5.26 Å². The molecule has 0 aliphatic carbocycles. The fraction of sp³-hybridized carbons (Fsp3) is 0.667. The average Bonchev–Trinajstić information content (AvgIpc) is 1.85. The van der Waals surface area contributed by atoms with Gasteiger partial charge in [0.1, 0.15) is 0 Å². The summed E-state index contributed by atoms with van der Waals surface area (Å²) in [6.45, 7) is 3.57. The molecule has 4 N–H and O–H groups in total. The van der Waals surface area contributed by atoms with Crippen LogP contribution in [0.25, 0.3) is 0 Å². The van der Waals surface area contributed by atoms with Crippen LogP contribution in [0.2, 0.25) is 0 Å². The average molecular weight is 140 g/mol. The molecule has 4 nitrogen and oxygen atoms in total. The lowest BCUT2D eigenvalue weighted by Gasteiger charge is -2.06. The first-order chi connectivity index (χ1) is 4.57. The van der Waals surface area contributed by atoms with E-state index in [9.17, 15) is 0 Å². The van der Waals surface area contributed by atoms with E-state index in [2.05, 4.69) is 11.1 Å². The van der Waals surface area contributed by atoms with Crippen LogP contribution in [0.3, 0.4) is 0 Å². The zero-order valence-corrected chi connectivity index (χ0v) is 6.20. The number of nitrogens with two attached hydrogens (primary N) is 2. The van der Waals surface area contributed by atoms with E-state index in [1.165, 1.54) is 0 Å². The fourth-order valence-corrected chi connectivity index (χ4v) is 0.455. The molecule has 0 amide bonds. The van der Waals surface area contributed by atoms with Crippen molar-refractivity contribution in [3.05, 3.63) is 0 Å². The minimum Gasteiger partial charge on any atom is -0.370 e. The number of rotatable bonds is 2. The number of guanidine groups is 1. The predicted octanol–water partition coefficient (Wildman–Crippen LogP) is -0.192. The van der Waals surface area contributed by atoms with Crippen LogP contribution in [-0.2, 0) is 0 Å². The lowest BCUT2D eigenvalue weighted by Crippen LogP contribution is -2.26. The third kappa shape index (κ3) is 2.92. The summed E-state index contributed by atoms with van der Waals surface area (Å²) in [5.74, 6) is -0.100. The number of nitrogens with zero attached hydrogens (tertiary/aromatic N) is 2. The fourth-order valence-electron chi connectivity index (χ4n) is 0.455. The second-order valence-corrected chi connectivity index (χ2v) is 2.21. The highest BCUT2D eigenvalue weighted by Gasteiger charge is 2.08. The van der Waals surface area contributed by atoms with Crippen LogP contribution in [0.15, 0.2) is 4.99 Å². The van der Waals surface area contributed by atoms with Gasteiger partial charge in [-0.15, -0.1) is 0 Å². The summed E-state index contributed by atoms with van der Waals surface area (Å²) in [4.78, 5) is 3.80. The smallest absolute Gasteiger partial charge is 0.186 e. The Morgan fingerprint density at radius 1 is 1.50 bits per heavy atom. The third-order valence-corrected chi connectivity index (χ3v) is 1.28. The first kappa shape index (κ1) is 8.76. The van der Waals surface area contributed by atoms with Crippen LogP contribution in [0, 0.1) is 17.2 Å². The maximum Gasteiger partial charge on any atom is 0.186 e. The number of aliphatic imine (C=N–C) groups is 1. The SMILES string of the molecule is CC(N=C(N)N)[C@H](C)C#N.